The highest BCUT2D eigenvalue weighted by Crippen LogP contribution is 2.20. The third-order valence-electron chi connectivity index (χ3n) is 4.60. The van der Waals surface area contributed by atoms with Gasteiger partial charge in [-0.15, -0.1) is 12.4 Å². The number of piperidine rings is 1. The Kier molecular flexibility index (Phi) is 8.50. The van der Waals surface area contributed by atoms with Crippen molar-refractivity contribution < 1.29 is 4.79 Å². The summed E-state index contributed by atoms with van der Waals surface area (Å²) in [6, 6.07) is 0.459. The van der Waals surface area contributed by atoms with E-state index >= 15 is 0 Å². The molecular formula is C15H30ClN3O. The molecule has 1 saturated heterocycles. The lowest BCUT2D eigenvalue weighted by molar-refractivity contribution is -0.123. The van der Waals surface area contributed by atoms with E-state index in [0.717, 1.165) is 25.6 Å². The molecule has 1 aliphatic carbocycles. The first-order valence-corrected chi connectivity index (χ1v) is 7.94. The van der Waals surface area contributed by atoms with Crippen LogP contribution in [0.1, 0.15) is 44.9 Å². The maximum Gasteiger partial charge on any atom is 0.234 e. The summed E-state index contributed by atoms with van der Waals surface area (Å²) in [5.74, 6) is 1.09. The van der Waals surface area contributed by atoms with Crippen molar-refractivity contribution in [3.63, 3.8) is 0 Å². The lowest BCUT2D eigenvalue weighted by Crippen LogP contribution is -2.44. The second-order valence-electron chi connectivity index (χ2n) is 6.16. The van der Waals surface area contributed by atoms with Crippen LogP contribution < -0.4 is 10.6 Å². The first-order chi connectivity index (χ1) is 9.28. The van der Waals surface area contributed by atoms with Gasteiger partial charge in [0.1, 0.15) is 0 Å². The monoisotopic (exact) mass is 303 g/mol. The number of carbonyl (C=O) groups is 1. The summed E-state index contributed by atoms with van der Waals surface area (Å²) in [5.41, 5.74) is 0. The van der Waals surface area contributed by atoms with E-state index in [1.54, 1.807) is 0 Å². The fraction of sp³-hybridized carbons (Fsp3) is 0.933. The predicted octanol–water partition coefficient (Wildman–Crippen LogP) is 1.79. The number of halogens is 1. The van der Waals surface area contributed by atoms with Gasteiger partial charge in [-0.25, -0.2) is 0 Å². The van der Waals surface area contributed by atoms with Crippen molar-refractivity contribution >= 4 is 18.3 Å². The van der Waals surface area contributed by atoms with E-state index in [-0.39, 0.29) is 18.3 Å². The molecule has 2 fully saturated rings. The zero-order valence-electron chi connectivity index (χ0n) is 12.7. The van der Waals surface area contributed by atoms with Crippen molar-refractivity contribution in [1.29, 1.82) is 0 Å². The first-order valence-electron chi connectivity index (χ1n) is 7.94. The van der Waals surface area contributed by atoms with Crippen molar-refractivity contribution in [2.24, 2.45) is 5.92 Å². The van der Waals surface area contributed by atoms with Crippen LogP contribution in [-0.2, 0) is 4.79 Å². The molecule has 1 amide bonds. The highest BCUT2D eigenvalue weighted by Gasteiger charge is 2.22. The molecule has 1 heterocycles. The molecule has 0 atom stereocenters. The Morgan fingerprint density at radius 2 is 1.80 bits per heavy atom. The molecule has 0 bridgehead atoms. The van der Waals surface area contributed by atoms with Crippen LogP contribution in [0.2, 0.25) is 0 Å². The molecule has 20 heavy (non-hydrogen) atoms. The fourth-order valence-corrected chi connectivity index (χ4v) is 3.33. The zero-order chi connectivity index (χ0) is 13.5. The normalized spacial score (nSPS) is 21.6. The third kappa shape index (κ3) is 5.98. The molecule has 0 aromatic carbocycles. The Labute approximate surface area is 129 Å². The van der Waals surface area contributed by atoms with Crippen molar-refractivity contribution in [2.45, 2.75) is 51.0 Å². The summed E-state index contributed by atoms with van der Waals surface area (Å²) in [5, 5.41) is 6.40. The van der Waals surface area contributed by atoms with Crippen molar-refractivity contribution in [3.05, 3.63) is 0 Å². The van der Waals surface area contributed by atoms with Crippen molar-refractivity contribution in [3.8, 4) is 0 Å². The Balaban J connectivity index is 0.00000200. The number of amides is 1. The van der Waals surface area contributed by atoms with Crippen LogP contribution >= 0.6 is 12.4 Å². The third-order valence-corrected chi connectivity index (χ3v) is 4.60. The molecule has 0 aromatic rings. The SMILES string of the molecule is CNCCC1CCN(CC(=O)NC2CCCC2)CC1.Cl. The van der Waals surface area contributed by atoms with Gasteiger partial charge in [-0.1, -0.05) is 12.8 Å². The molecule has 1 saturated carbocycles. The minimum Gasteiger partial charge on any atom is -0.352 e. The number of carbonyl (C=O) groups excluding carboxylic acids is 1. The number of likely N-dealkylation sites (tertiary alicyclic amines) is 1. The fourth-order valence-electron chi connectivity index (χ4n) is 3.33. The molecule has 2 rings (SSSR count). The molecule has 0 radical (unpaired) electrons. The standard InChI is InChI=1S/C15H29N3O.ClH/c1-16-9-6-13-7-10-18(11-8-13)12-15(19)17-14-4-2-3-5-14;/h13-14,16H,2-12H2,1H3,(H,17,19);1H. The van der Waals surface area contributed by atoms with Gasteiger partial charge in [0.25, 0.3) is 0 Å². The Bertz CT molecular complexity index is 274. The highest BCUT2D eigenvalue weighted by atomic mass is 35.5. The molecule has 1 aliphatic heterocycles. The van der Waals surface area contributed by atoms with E-state index in [1.807, 2.05) is 7.05 Å². The average molecular weight is 304 g/mol. The molecule has 5 heteroatoms. The number of nitrogens with one attached hydrogen (secondary N) is 2. The van der Waals surface area contributed by atoms with Crippen molar-refractivity contribution in [2.75, 3.05) is 33.2 Å². The molecule has 0 aromatic heterocycles. The second-order valence-corrected chi connectivity index (χ2v) is 6.16. The zero-order valence-corrected chi connectivity index (χ0v) is 13.5. The van der Waals surface area contributed by atoms with E-state index in [2.05, 4.69) is 15.5 Å². The van der Waals surface area contributed by atoms with Crippen LogP contribution in [0.25, 0.3) is 0 Å². The van der Waals surface area contributed by atoms with E-state index in [9.17, 15) is 4.79 Å². The van der Waals surface area contributed by atoms with Crippen molar-refractivity contribution in [1.82, 2.24) is 15.5 Å². The minimum absolute atomic E-state index is 0. The molecule has 4 nitrogen and oxygen atoms in total. The minimum atomic E-state index is 0. The van der Waals surface area contributed by atoms with Crippen LogP contribution in [-0.4, -0.2) is 50.1 Å². The largest absolute Gasteiger partial charge is 0.352 e. The summed E-state index contributed by atoms with van der Waals surface area (Å²) >= 11 is 0. The average Bonchev–Trinajstić information content (AvgIpc) is 2.90. The van der Waals surface area contributed by atoms with Gasteiger partial charge in [-0.05, 0) is 64.7 Å². The van der Waals surface area contributed by atoms with Gasteiger partial charge in [-0.3, -0.25) is 9.69 Å². The number of hydrogen-bond donors (Lipinski definition) is 2. The van der Waals surface area contributed by atoms with Crippen LogP contribution in [0.3, 0.4) is 0 Å². The number of nitrogens with zero attached hydrogens (tertiary/aromatic N) is 1. The molecule has 0 spiro atoms. The van der Waals surface area contributed by atoms with Crippen LogP contribution in [0, 0.1) is 5.92 Å². The lowest BCUT2D eigenvalue weighted by atomic mass is 9.93. The van der Waals surface area contributed by atoms with Gasteiger partial charge in [0, 0.05) is 6.04 Å². The summed E-state index contributed by atoms with van der Waals surface area (Å²) in [6.07, 6.45) is 8.69. The maximum atomic E-state index is 12.0. The topological polar surface area (TPSA) is 44.4 Å². The van der Waals surface area contributed by atoms with Gasteiger partial charge in [0.2, 0.25) is 5.91 Å². The van der Waals surface area contributed by atoms with Crippen LogP contribution in [0.5, 0.6) is 0 Å². The number of rotatable bonds is 6. The van der Waals surface area contributed by atoms with Gasteiger partial charge >= 0.3 is 0 Å². The summed E-state index contributed by atoms with van der Waals surface area (Å²) in [7, 11) is 2.02. The smallest absolute Gasteiger partial charge is 0.234 e. The Morgan fingerprint density at radius 3 is 2.40 bits per heavy atom. The van der Waals surface area contributed by atoms with Gasteiger partial charge < -0.3 is 10.6 Å². The summed E-state index contributed by atoms with van der Waals surface area (Å²) in [6.45, 7) is 3.90. The second kappa shape index (κ2) is 9.59. The van der Waals surface area contributed by atoms with Gasteiger partial charge in [0.15, 0.2) is 0 Å². The lowest BCUT2D eigenvalue weighted by Gasteiger charge is -2.31. The van der Waals surface area contributed by atoms with E-state index < -0.39 is 0 Å². The Hall–Kier alpha value is -0.320. The van der Waals surface area contributed by atoms with E-state index in [4.69, 9.17) is 0 Å². The highest BCUT2D eigenvalue weighted by molar-refractivity contribution is 5.85. The quantitative estimate of drug-likeness (QED) is 0.786. The van der Waals surface area contributed by atoms with E-state index in [0.29, 0.717) is 12.6 Å². The molecule has 0 unspecified atom stereocenters. The predicted molar refractivity (Wildman–Crippen MR) is 85.4 cm³/mol. The number of hydrogen-bond acceptors (Lipinski definition) is 3. The summed E-state index contributed by atoms with van der Waals surface area (Å²) in [4.78, 5) is 14.3. The van der Waals surface area contributed by atoms with Crippen LogP contribution in [0.4, 0.5) is 0 Å². The molecular weight excluding hydrogens is 274 g/mol. The first kappa shape index (κ1) is 17.7. The van der Waals surface area contributed by atoms with Gasteiger partial charge in [-0.2, -0.15) is 0 Å². The molecule has 2 N–H and O–H groups in total. The maximum absolute atomic E-state index is 12.0. The van der Waals surface area contributed by atoms with Gasteiger partial charge in [0.05, 0.1) is 6.54 Å². The molecule has 118 valence electrons. The van der Waals surface area contributed by atoms with E-state index in [1.165, 1.54) is 44.9 Å². The summed E-state index contributed by atoms with van der Waals surface area (Å²) < 4.78 is 0. The van der Waals surface area contributed by atoms with Crippen LogP contribution in [0.15, 0.2) is 0 Å². The Morgan fingerprint density at radius 1 is 1.15 bits per heavy atom. The molecule has 2 aliphatic rings.